The molecule has 4 nitrogen and oxygen atoms in total. The van der Waals surface area contributed by atoms with E-state index in [0.29, 0.717) is 12.6 Å². The smallest absolute Gasteiger partial charge is 0.407 e. The zero-order valence-electron chi connectivity index (χ0n) is 13.6. The summed E-state index contributed by atoms with van der Waals surface area (Å²) in [5.41, 5.74) is -0.437. The van der Waals surface area contributed by atoms with Gasteiger partial charge in [-0.3, -0.25) is 0 Å². The molecule has 0 fully saturated rings. The molecule has 120 valence electrons. The lowest BCUT2D eigenvalue weighted by Crippen LogP contribution is -2.34. The van der Waals surface area contributed by atoms with Crippen molar-refractivity contribution in [2.45, 2.75) is 58.6 Å². The highest BCUT2D eigenvalue weighted by atomic mass is 32.1. The summed E-state index contributed by atoms with van der Waals surface area (Å²) in [5, 5.41) is 8.46. The Morgan fingerprint density at radius 1 is 1.38 bits per heavy atom. The molecule has 0 aromatic carbocycles. The predicted octanol–water partition coefficient (Wildman–Crippen LogP) is 4.09. The Morgan fingerprint density at radius 2 is 2.14 bits per heavy atom. The fourth-order valence-corrected chi connectivity index (χ4v) is 2.83. The van der Waals surface area contributed by atoms with E-state index in [2.05, 4.69) is 35.1 Å². The number of hydrogen-bond acceptors (Lipinski definition) is 4. The minimum atomic E-state index is -0.437. The maximum absolute atomic E-state index is 11.5. The van der Waals surface area contributed by atoms with Crippen LogP contribution in [0.5, 0.6) is 0 Å². The highest BCUT2D eigenvalue weighted by Gasteiger charge is 2.15. The molecule has 0 aliphatic carbocycles. The van der Waals surface area contributed by atoms with Crippen LogP contribution in [-0.2, 0) is 4.74 Å². The molecule has 1 rings (SSSR count). The van der Waals surface area contributed by atoms with Crippen molar-refractivity contribution in [3.05, 3.63) is 22.4 Å². The topological polar surface area (TPSA) is 50.4 Å². The lowest BCUT2D eigenvalue weighted by molar-refractivity contribution is 0.0527. The molecule has 1 atom stereocenters. The van der Waals surface area contributed by atoms with Gasteiger partial charge in [-0.2, -0.15) is 0 Å². The van der Waals surface area contributed by atoms with Gasteiger partial charge in [0, 0.05) is 17.5 Å². The quantitative estimate of drug-likeness (QED) is 0.711. The second-order valence-corrected chi connectivity index (χ2v) is 7.07. The molecule has 1 amide bonds. The van der Waals surface area contributed by atoms with E-state index in [9.17, 15) is 4.79 Å². The van der Waals surface area contributed by atoms with Gasteiger partial charge >= 0.3 is 6.09 Å². The molecule has 21 heavy (non-hydrogen) atoms. The zero-order chi connectivity index (χ0) is 15.7. The van der Waals surface area contributed by atoms with Crippen molar-refractivity contribution in [1.82, 2.24) is 10.6 Å². The van der Waals surface area contributed by atoms with Crippen LogP contribution in [0.4, 0.5) is 4.79 Å². The van der Waals surface area contributed by atoms with Crippen LogP contribution < -0.4 is 10.6 Å². The molecular formula is C16H28N2O2S. The predicted molar refractivity (Wildman–Crippen MR) is 88.8 cm³/mol. The first-order chi connectivity index (χ1) is 9.92. The SMILES string of the molecule is CCCC(NCCCNC(=O)OC(C)(C)C)c1cccs1. The van der Waals surface area contributed by atoms with Gasteiger partial charge < -0.3 is 15.4 Å². The van der Waals surface area contributed by atoms with Crippen molar-refractivity contribution in [2.24, 2.45) is 0 Å². The standard InChI is InChI=1S/C16H28N2O2S/c1-5-8-13(14-9-6-12-21-14)17-10-7-11-18-15(19)20-16(2,3)4/h6,9,12-13,17H,5,7-8,10-11H2,1-4H3,(H,18,19). The van der Waals surface area contributed by atoms with Crippen molar-refractivity contribution >= 4 is 17.4 Å². The molecule has 0 aliphatic rings. The summed E-state index contributed by atoms with van der Waals surface area (Å²) in [6.45, 7) is 9.31. The summed E-state index contributed by atoms with van der Waals surface area (Å²) in [4.78, 5) is 12.9. The Kier molecular flexibility index (Phi) is 7.75. The minimum Gasteiger partial charge on any atom is -0.444 e. The van der Waals surface area contributed by atoms with E-state index in [4.69, 9.17) is 4.74 Å². The van der Waals surface area contributed by atoms with Crippen LogP contribution in [0.1, 0.15) is 57.9 Å². The largest absolute Gasteiger partial charge is 0.444 e. The van der Waals surface area contributed by atoms with Gasteiger partial charge in [0.1, 0.15) is 5.60 Å². The Bertz CT molecular complexity index is 399. The van der Waals surface area contributed by atoms with Crippen LogP contribution in [0.2, 0.25) is 0 Å². The van der Waals surface area contributed by atoms with Crippen LogP contribution in [0, 0.1) is 0 Å². The van der Waals surface area contributed by atoms with Gasteiger partial charge in [-0.05, 0) is 51.6 Å². The molecule has 2 N–H and O–H groups in total. The van der Waals surface area contributed by atoms with Gasteiger partial charge in [-0.1, -0.05) is 19.4 Å². The number of hydrogen-bond donors (Lipinski definition) is 2. The number of thiophene rings is 1. The summed E-state index contributed by atoms with van der Waals surface area (Å²) in [6.07, 6.45) is 2.85. The zero-order valence-corrected chi connectivity index (χ0v) is 14.4. The molecule has 1 heterocycles. The summed E-state index contributed by atoms with van der Waals surface area (Å²) >= 11 is 1.79. The van der Waals surface area contributed by atoms with Gasteiger partial charge in [0.25, 0.3) is 0 Å². The van der Waals surface area contributed by atoms with E-state index in [1.807, 2.05) is 20.8 Å². The molecule has 1 unspecified atom stereocenters. The normalized spacial score (nSPS) is 13.0. The average molecular weight is 312 g/mol. The second kappa shape index (κ2) is 9.05. The van der Waals surface area contributed by atoms with Crippen LogP contribution in [0.25, 0.3) is 0 Å². The van der Waals surface area contributed by atoms with E-state index in [0.717, 1.165) is 25.8 Å². The molecule has 0 saturated heterocycles. The van der Waals surface area contributed by atoms with Crippen molar-refractivity contribution in [1.29, 1.82) is 0 Å². The van der Waals surface area contributed by atoms with Gasteiger partial charge in [0.15, 0.2) is 0 Å². The number of carbonyl (C=O) groups excluding carboxylic acids is 1. The van der Waals surface area contributed by atoms with Crippen molar-refractivity contribution in [3.63, 3.8) is 0 Å². The Hall–Kier alpha value is -1.07. The Morgan fingerprint density at radius 3 is 2.71 bits per heavy atom. The fraction of sp³-hybridized carbons (Fsp3) is 0.688. The number of alkyl carbamates (subject to hydrolysis) is 1. The van der Waals surface area contributed by atoms with E-state index in [1.165, 1.54) is 4.88 Å². The molecule has 1 aromatic rings. The van der Waals surface area contributed by atoms with Crippen molar-refractivity contribution in [3.8, 4) is 0 Å². The van der Waals surface area contributed by atoms with Crippen LogP contribution in [-0.4, -0.2) is 24.8 Å². The molecule has 0 spiro atoms. The highest BCUT2D eigenvalue weighted by Crippen LogP contribution is 2.22. The maximum Gasteiger partial charge on any atom is 0.407 e. The number of amides is 1. The summed E-state index contributed by atoms with van der Waals surface area (Å²) in [6, 6.07) is 4.70. The third kappa shape index (κ3) is 8.07. The average Bonchev–Trinajstić information content (AvgIpc) is 2.88. The summed E-state index contributed by atoms with van der Waals surface area (Å²) < 4.78 is 5.19. The summed E-state index contributed by atoms with van der Waals surface area (Å²) in [7, 11) is 0. The van der Waals surface area contributed by atoms with Gasteiger partial charge in [-0.15, -0.1) is 11.3 Å². The maximum atomic E-state index is 11.5. The first-order valence-electron chi connectivity index (χ1n) is 7.66. The van der Waals surface area contributed by atoms with E-state index >= 15 is 0 Å². The van der Waals surface area contributed by atoms with E-state index < -0.39 is 5.60 Å². The van der Waals surface area contributed by atoms with Crippen molar-refractivity contribution in [2.75, 3.05) is 13.1 Å². The first-order valence-corrected chi connectivity index (χ1v) is 8.54. The molecule has 1 aromatic heterocycles. The Labute approximate surface area is 132 Å². The number of carbonyl (C=O) groups is 1. The lowest BCUT2D eigenvalue weighted by Gasteiger charge is -2.20. The Balaban J connectivity index is 2.19. The number of ether oxygens (including phenoxy) is 1. The third-order valence-electron chi connectivity index (χ3n) is 2.88. The second-order valence-electron chi connectivity index (χ2n) is 6.09. The molecule has 0 bridgehead atoms. The number of nitrogens with one attached hydrogen (secondary N) is 2. The lowest BCUT2D eigenvalue weighted by atomic mass is 10.1. The van der Waals surface area contributed by atoms with E-state index in [1.54, 1.807) is 11.3 Å². The summed E-state index contributed by atoms with van der Waals surface area (Å²) in [5.74, 6) is 0. The number of rotatable bonds is 8. The fourth-order valence-electron chi connectivity index (χ4n) is 1.99. The van der Waals surface area contributed by atoms with Crippen LogP contribution in [0.15, 0.2) is 17.5 Å². The van der Waals surface area contributed by atoms with Gasteiger partial charge in [0.2, 0.25) is 0 Å². The highest BCUT2D eigenvalue weighted by molar-refractivity contribution is 7.10. The van der Waals surface area contributed by atoms with Crippen molar-refractivity contribution < 1.29 is 9.53 Å². The molecule has 0 aliphatic heterocycles. The van der Waals surface area contributed by atoms with Gasteiger partial charge in [0.05, 0.1) is 0 Å². The third-order valence-corrected chi connectivity index (χ3v) is 3.86. The van der Waals surface area contributed by atoms with Crippen LogP contribution in [0.3, 0.4) is 0 Å². The van der Waals surface area contributed by atoms with Crippen LogP contribution >= 0.6 is 11.3 Å². The molecule has 0 radical (unpaired) electrons. The van der Waals surface area contributed by atoms with E-state index in [-0.39, 0.29) is 6.09 Å². The molecule has 0 saturated carbocycles. The first kappa shape index (κ1) is 18.0. The molecular weight excluding hydrogens is 284 g/mol. The molecule has 5 heteroatoms. The van der Waals surface area contributed by atoms with Gasteiger partial charge in [-0.25, -0.2) is 4.79 Å². The monoisotopic (exact) mass is 312 g/mol. The minimum absolute atomic E-state index is 0.342.